The van der Waals surface area contributed by atoms with Crippen LogP contribution in [0.1, 0.15) is 42.1 Å². The molecule has 2 aliphatic rings. The van der Waals surface area contributed by atoms with E-state index in [2.05, 4.69) is 14.9 Å². The van der Waals surface area contributed by atoms with E-state index in [9.17, 15) is 9.59 Å². The fourth-order valence-electron chi connectivity index (χ4n) is 4.30. The van der Waals surface area contributed by atoms with Crippen LogP contribution >= 0.6 is 23.4 Å². The number of hydrogen-bond acceptors (Lipinski definition) is 6. The summed E-state index contributed by atoms with van der Waals surface area (Å²) in [4.78, 5) is 40.4. The molecule has 1 aromatic heterocycles. The smallest absolute Gasteiger partial charge is 0.254 e. The second-order valence-corrected chi connectivity index (χ2v) is 10.1. The molecule has 1 aromatic carbocycles. The minimum absolute atomic E-state index is 0.0260. The third-order valence-corrected chi connectivity index (χ3v) is 7.23. The number of rotatable bonds is 5. The third kappa shape index (κ3) is 5.98. The Bertz CT molecular complexity index is 997. The van der Waals surface area contributed by atoms with E-state index in [0.717, 1.165) is 37.3 Å². The van der Waals surface area contributed by atoms with E-state index in [0.29, 0.717) is 41.3 Å². The highest BCUT2D eigenvalue weighted by Gasteiger charge is 2.29. The Morgan fingerprint density at radius 3 is 2.48 bits per heavy atom. The summed E-state index contributed by atoms with van der Waals surface area (Å²) < 4.78 is 0. The fraction of sp³-hybridized carbons (Fsp3) is 0.500. The van der Waals surface area contributed by atoms with E-state index in [1.54, 1.807) is 6.07 Å². The number of nitrogens with zero attached hydrogens (tertiary/aromatic N) is 5. The number of carbonyl (C=O) groups excluding carboxylic acids is 2. The van der Waals surface area contributed by atoms with Gasteiger partial charge in [0.1, 0.15) is 11.0 Å². The summed E-state index contributed by atoms with van der Waals surface area (Å²) in [5.41, 5.74) is 1.85. The SMILES string of the molecule is Cc1ccc(C(=O)N2CCN(c3cc(Cl)nc(SCC(=O)N4CCCCC4)n3)CC2C)cc1. The summed E-state index contributed by atoms with van der Waals surface area (Å²) in [5, 5.41) is 0.868. The molecule has 176 valence electrons. The summed E-state index contributed by atoms with van der Waals surface area (Å²) in [7, 11) is 0. The van der Waals surface area contributed by atoms with Crippen LogP contribution in [0.25, 0.3) is 0 Å². The van der Waals surface area contributed by atoms with Crippen LogP contribution in [-0.2, 0) is 4.79 Å². The van der Waals surface area contributed by atoms with Gasteiger partial charge in [-0.15, -0.1) is 0 Å². The van der Waals surface area contributed by atoms with Crippen molar-refractivity contribution in [2.24, 2.45) is 0 Å². The maximum atomic E-state index is 13.0. The van der Waals surface area contributed by atoms with Gasteiger partial charge in [-0.2, -0.15) is 0 Å². The van der Waals surface area contributed by atoms with Gasteiger partial charge in [-0.3, -0.25) is 9.59 Å². The van der Waals surface area contributed by atoms with Gasteiger partial charge in [0, 0.05) is 50.4 Å². The van der Waals surface area contributed by atoms with E-state index >= 15 is 0 Å². The molecule has 0 N–H and O–H groups in total. The lowest BCUT2D eigenvalue weighted by Crippen LogP contribution is -2.54. The molecule has 3 heterocycles. The lowest BCUT2D eigenvalue weighted by atomic mass is 10.1. The molecule has 2 amide bonds. The van der Waals surface area contributed by atoms with Crippen molar-refractivity contribution >= 4 is 41.0 Å². The van der Waals surface area contributed by atoms with Crippen LogP contribution < -0.4 is 4.90 Å². The number of likely N-dealkylation sites (tertiary alicyclic amines) is 1. The number of piperazine rings is 1. The Morgan fingerprint density at radius 2 is 1.79 bits per heavy atom. The number of halogens is 1. The van der Waals surface area contributed by atoms with Crippen LogP contribution in [0.2, 0.25) is 5.15 Å². The largest absolute Gasteiger partial charge is 0.353 e. The standard InChI is InChI=1S/C24H30ClN5O2S/c1-17-6-8-19(9-7-17)23(32)30-13-12-29(15-18(30)2)21-14-20(25)26-24(27-21)33-16-22(31)28-10-4-3-5-11-28/h6-9,14,18H,3-5,10-13,15-16H2,1-2H3. The molecule has 1 atom stereocenters. The van der Waals surface area contributed by atoms with Crippen molar-refractivity contribution in [3.8, 4) is 0 Å². The minimum Gasteiger partial charge on any atom is -0.353 e. The normalized spacial score (nSPS) is 19.0. The van der Waals surface area contributed by atoms with Crippen LogP contribution in [0.3, 0.4) is 0 Å². The number of amides is 2. The van der Waals surface area contributed by atoms with Gasteiger partial charge in [-0.25, -0.2) is 9.97 Å². The second kappa shape index (κ2) is 10.7. The maximum absolute atomic E-state index is 13.0. The van der Waals surface area contributed by atoms with Gasteiger partial charge >= 0.3 is 0 Å². The first-order valence-corrected chi connectivity index (χ1v) is 12.8. The molecule has 0 aliphatic carbocycles. The van der Waals surface area contributed by atoms with Crippen LogP contribution in [0.15, 0.2) is 35.5 Å². The van der Waals surface area contributed by atoms with E-state index in [1.165, 1.54) is 18.2 Å². The highest BCUT2D eigenvalue weighted by atomic mass is 35.5. The van der Waals surface area contributed by atoms with Crippen molar-refractivity contribution in [3.63, 3.8) is 0 Å². The first kappa shape index (κ1) is 23.8. The van der Waals surface area contributed by atoms with Crippen molar-refractivity contribution in [2.45, 2.75) is 44.3 Å². The lowest BCUT2D eigenvalue weighted by Gasteiger charge is -2.40. The van der Waals surface area contributed by atoms with E-state index in [-0.39, 0.29) is 17.9 Å². The lowest BCUT2D eigenvalue weighted by molar-refractivity contribution is -0.129. The molecule has 1 unspecified atom stereocenters. The first-order valence-electron chi connectivity index (χ1n) is 11.5. The van der Waals surface area contributed by atoms with Gasteiger partial charge in [0.05, 0.1) is 5.75 Å². The second-order valence-electron chi connectivity index (χ2n) is 8.72. The number of carbonyl (C=O) groups is 2. The summed E-state index contributed by atoms with van der Waals surface area (Å²) in [6, 6.07) is 9.48. The zero-order valence-electron chi connectivity index (χ0n) is 19.2. The Morgan fingerprint density at radius 1 is 1.06 bits per heavy atom. The van der Waals surface area contributed by atoms with Crippen LogP contribution in [0, 0.1) is 6.92 Å². The van der Waals surface area contributed by atoms with Gasteiger partial charge in [0.25, 0.3) is 5.91 Å². The molecule has 4 rings (SSSR count). The summed E-state index contributed by atoms with van der Waals surface area (Å²) in [6.07, 6.45) is 3.34. The molecule has 33 heavy (non-hydrogen) atoms. The quantitative estimate of drug-likeness (QED) is 0.362. The van der Waals surface area contributed by atoms with E-state index < -0.39 is 0 Å². The molecular weight excluding hydrogens is 458 g/mol. The fourth-order valence-corrected chi connectivity index (χ4v) is 5.29. The maximum Gasteiger partial charge on any atom is 0.254 e. The highest BCUT2D eigenvalue weighted by Crippen LogP contribution is 2.25. The number of benzene rings is 1. The minimum atomic E-state index is 0.0260. The van der Waals surface area contributed by atoms with Gasteiger partial charge in [-0.05, 0) is 45.2 Å². The molecule has 0 saturated carbocycles. The van der Waals surface area contributed by atoms with Crippen LogP contribution in [0.5, 0.6) is 0 Å². The van der Waals surface area contributed by atoms with Gasteiger partial charge in [-0.1, -0.05) is 41.1 Å². The number of anilines is 1. The van der Waals surface area contributed by atoms with Crippen molar-refractivity contribution in [1.82, 2.24) is 19.8 Å². The van der Waals surface area contributed by atoms with E-state index in [1.807, 2.05) is 47.9 Å². The molecule has 2 fully saturated rings. The Kier molecular flexibility index (Phi) is 7.75. The van der Waals surface area contributed by atoms with Crippen LogP contribution in [-0.4, -0.2) is 76.1 Å². The average Bonchev–Trinajstić information content (AvgIpc) is 2.83. The van der Waals surface area contributed by atoms with Crippen molar-refractivity contribution in [3.05, 3.63) is 46.6 Å². The average molecular weight is 488 g/mol. The molecule has 0 spiro atoms. The van der Waals surface area contributed by atoms with Crippen LogP contribution in [0.4, 0.5) is 5.82 Å². The first-order chi connectivity index (χ1) is 15.9. The highest BCUT2D eigenvalue weighted by molar-refractivity contribution is 7.99. The Hall–Kier alpha value is -2.32. The number of hydrogen-bond donors (Lipinski definition) is 0. The zero-order chi connectivity index (χ0) is 23.4. The molecule has 7 nitrogen and oxygen atoms in total. The summed E-state index contributed by atoms with van der Waals surface area (Å²) in [5.74, 6) is 1.23. The van der Waals surface area contributed by atoms with Gasteiger partial charge in [0.2, 0.25) is 5.91 Å². The molecule has 2 saturated heterocycles. The Labute approximate surface area is 204 Å². The molecule has 0 bridgehead atoms. The van der Waals surface area contributed by atoms with Crippen molar-refractivity contribution in [2.75, 3.05) is 43.4 Å². The number of aryl methyl sites for hydroxylation is 1. The van der Waals surface area contributed by atoms with E-state index in [4.69, 9.17) is 11.6 Å². The molecule has 0 radical (unpaired) electrons. The Balaban J connectivity index is 1.38. The van der Waals surface area contributed by atoms with Crippen molar-refractivity contribution in [1.29, 1.82) is 0 Å². The monoisotopic (exact) mass is 487 g/mol. The number of aromatic nitrogens is 2. The number of piperidine rings is 1. The van der Waals surface area contributed by atoms with Crippen molar-refractivity contribution < 1.29 is 9.59 Å². The summed E-state index contributed by atoms with van der Waals surface area (Å²) in [6.45, 7) is 7.65. The molecular formula is C24H30ClN5O2S. The molecule has 9 heteroatoms. The topological polar surface area (TPSA) is 69.6 Å². The predicted octanol–water partition coefficient (Wildman–Crippen LogP) is 3.89. The summed E-state index contributed by atoms with van der Waals surface area (Å²) >= 11 is 7.62. The third-order valence-electron chi connectivity index (χ3n) is 6.21. The predicted molar refractivity (Wildman–Crippen MR) is 132 cm³/mol. The van der Waals surface area contributed by atoms with Gasteiger partial charge in [0.15, 0.2) is 5.16 Å². The molecule has 2 aromatic rings. The van der Waals surface area contributed by atoms with Gasteiger partial charge < -0.3 is 14.7 Å². The number of thioether (sulfide) groups is 1. The molecule has 2 aliphatic heterocycles. The zero-order valence-corrected chi connectivity index (χ0v) is 20.7.